The van der Waals surface area contributed by atoms with Crippen molar-refractivity contribution in [2.24, 2.45) is 0 Å². The van der Waals surface area contributed by atoms with Crippen LogP contribution in [0.4, 0.5) is 0 Å². The molecule has 0 fully saturated rings. The minimum atomic E-state index is -0.535. The molecular weight excluding hydrogens is 717 g/mol. The summed E-state index contributed by atoms with van der Waals surface area (Å²) in [6.07, 6.45) is 0. The highest BCUT2D eigenvalue weighted by atomic mass is 32.2. The normalized spacial score (nSPS) is 13.0. The molecule has 8 aromatic rings. The maximum Gasteiger partial charge on any atom is 0.0748 e. The van der Waals surface area contributed by atoms with Gasteiger partial charge in [-0.15, -0.1) is 0 Å². The van der Waals surface area contributed by atoms with Crippen LogP contribution in [0.25, 0.3) is 22.3 Å². The number of hydrogen-bond donors (Lipinski definition) is 0. The summed E-state index contributed by atoms with van der Waals surface area (Å²) in [5, 5.41) is 0. The molecule has 2 aliphatic carbocycles. The first-order valence-electron chi connectivity index (χ1n) is 17.8. The summed E-state index contributed by atoms with van der Waals surface area (Å²) in [5.41, 5.74) is 10.2. The fourth-order valence-corrected chi connectivity index (χ4v) is 12.4. The topological polar surface area (TPSA) is 0 Å². The van der Waals surface area contributed by atoms with E-state index < -0.39 is 5.41 Å². The molecule has 0 unspecified atom stereocenters. The van der Waals surface area contributed by atoms with E-state index in [1.807, 2.05) is 47.0 Å². The molecule has 1 spiro atoms. The highest BCUT2D eigenvalue weighted by Gasteiger charge is 2.54. The lowest BCUT2D eigenvalue weighted by Gasteiger charge is -2.34. The fraction of sp³-hybridized carbons (Fsp3) is 0.0204. The van der Waals surface area contributed by atoms with Crippen molar-refractivity contribution in [3.8, 4) is 22.3 Å². The third-order valence-electron chi connectivity index (χ3n) is 10.1. The van der Waals surface area contributed by atoms with Gasteiger partial charge in [-0.1, -0.05) is 181 Å². The zero-order valence-electron chi connectivity index (χ0n) is 28.6. The number of rotatable bonds is 8. The number of fused-ring (bicyclic) bond motifs is 10. The van der Waals surface area contributed by atoms with Gasteiger partial charge in [-0.2, -0.15) is 0 Å². The van der Waals surface area contributed by atoms with Crippen LogP contribution in [0.1, 0.15) is 22.3 Å². The van der Waals surface area contributed by atoms with Crippen molar-refractivity contribution < 1.29 is 0 Å². The van der Waals surface area contributed by atoms with E-state index >= 15 is 0 Å². The quantitative estimate of drug-likeness (QED) is 0.152. The summed E-state index contributed by atoms with van der Waals surface area (Å²) in [6.45, 7) is 0. The highest BCUT2D eigenvalue weighted by molar-refractivity contribution is 8.03. The van der Waals surface area contributed by atoms with Gasteiger partial charge in [0.2, 0.25) is 0 Å². The molecule has 0 atom stereocenters. The molecule has 0 aromatic heterocycles. The summed E-state index contributed by atoms with van der Waals surface area (Å²) >= 11 is 7.54. The Kier molecular flexibility index (Phi) is 8.57. The molecule has 0 saturated carbocycles. The molecule has 0 aliphatic heterocycles. The first kappa shape index (κ1) is 32.8. The Hall–Kier alpha value is -4.84. The number of hydrogen-bond acceptors (Lipinski definition) is 4. The second kappa shape index (κ2) is 13.9. The molecular formula is C49H32S4. The predicted molar refractivity (Wildman–Crippen MR) is 225 cm³/mol. The van der Waals surface area contributed by atoms with Crippen molar-refractivity contribution in [2.75, 3.05) is 0 Å². The fourth-order valence-electron chi connectivity index (χ4n) is 8.03. The molecule has 0 bridgehead atoms. The Morgan fingerprint density at radius 2 is 0.585 bits per heavy atom. The first-order chi connectivity index (χ1) is 26.3. The van der Waals surface area contributed by atoms with E-state index in [2.05, 4.69) is 194 Å². The molecule has 53 heavy (non-hydrogen) atoms. The van der Waals surface area contributed by atoms with E-state index in [0.29, 0.717) is 0 Å². The Morgan fingerprint density at radius 3 is 0.962 bits per heavy atom. The Labute approximate surface area is 328 Å². The lowest BCUT2D eigenvalue weighted by Crippen LogP contribution is -2.27. The predicted octanol–water partition coefficient (Wildman–Crippen LogP) is 14.6. The molecule has 2 aliphatic rings. The van der Waals surface area contributed by atoms with Gasteiger partial charge in [0.15, 0.2) is 0 Å². The summed E-state index contributed by atoms with van der Waals surface area (Å²) < 4.78 is 0. The van der Waals surface area contributed by atoms with Crippen molar-refractivity contribution in [1.29, 1.82) is 0 Å². The highest BCUT2D eigenvalue weighted by Crippen LogP contribution is 2.68. The summed E-state index contributed by atoms with van der Waals surface area (Å²) in [6, 6.07) is 71.4. The molecule has 252 valence electrons. The van der Waals surface area contributed by atoms with Crippen LogP contribution in [0.5, 0.6) is 0 Å². The standard InChI is InChI=1S/C49H32S4/c1-5-17-33(18-6-1)50-43-31-29-39-37-25-13-15-27-41(37)49(45(39)47(43)52-35-21-9-3-10-22-35)42-28-16-14-26-38(42)40-30-32-44(51-34-19-7-2-8-20-34)48(46(40)49)53-36-23-11-4-12-24-36/h1-32H. The van der Waals surface area contributed by atoms with Crippen LogP contribution in [-0.2, 0) is 5.41 Å². The lowest BCUT2D eigenvalue weighted by atomic mass is 9.70. The monoisotopic (exact) mass is 748 g/mol. The van der Waals surface area contributed by atoms with E-state index in [1.165, 1.54) is 83.7 Å². The van der Waals surface area contributed by atoms with E-state index in [4.69, 9.17) is 0 Å². The maximum atomic E-state index is 2.40. The van der Waals surface area contributed by atoms with Crippen molar-refractivity contribution >= 4 is 47.0 Å². The molecule has 0 radical (unpaired) electrons. The van der Waals surface area contributed by atoms with Crippen molar-refractivity contribution in [2.45, 2.75) is 44.6 Å². The molecule has 0 amide bonds. The van der Waals surface area contributed by atoms with Gasteiger partial charge in [-0.05, 0) is 105 Å². The second-order valence-electron chi connectivity index (χ2n) is 13.1. The van der Waals surface area contributed by atoms with Crippen LogP contribution in [0, 0.1) is 0 Å². The average Bonchev–Trinajstić information content (AvgIpc) is 3.68. The molecule has 0 saturated heterocycles. The molecule has 8 aromatic carbocycles. The van der Waals surface area contributed by atoms with Gasteiger partial charge in [-0.3, -0.25) is 0 Å². The zero-order valence-corrected chi connectivity index (χ0v) is 31.9. The van der Waals surface area contributed by atoms with Gasteiger partial charge >= 0.3 is 0 Å². The van der Waals surface area contributed by atoms with Crippen LogP contribution in [0.15, 0.2) is 233 Å². The first-order valence-corrected chi connectivity index (χ1v) is 21.0. The van der Waals surface area contributed by atoms with E-state index in [-0.39, 0.29) is 0 Å². The molecule has 0 N–H and O–H groups in total. The SMILES string of the molecule is c1ccc(Sc2ccc3c(c2Sc2ccccc2)C2(c4ccccc4-3)c3ccccc3-c3ccc(Sc4ccccc4)c(Sc4ccccc4)c32)cc1. The van der Waals surface area contributed by atoms with Crippen molar-refractivity contribution in [3.05, 3.63) is 216 Å². The largest absolute Gasteiger partial charge is 0.0889 e. The number of benzene rings is 8. The van der Waals surface area contributed by atoms with Crippen LogP contribution in [-0.4, -0.2) is 0 Å². The smallest absolute Gasteiger partial charge is 0.0748 e. The van der Waals surface area contributed by atoms with Gasteiger partial charge in [0.05, 0.1) is 5.41 Å². The summed E-state index contributed by atoms with van der Waals surface area (Å²) in [7, 11) is 0. The molecule has 0 heterocycles. The minimum absolute atomic E-state index is 0.535. The summed E-state index contributed by atoms with van der Waals surface area (Å²) in [4.78, 5) is 10.1. The molecule has 10 rings (SSSR count). The third-order valence-corrected chi connectivity index (χ3v) is 14.8. The van der Waals surface area contributed by atoms with Gasteiger partial charge in [0, 0.05) is 39.2 Å². The average molecular weight is 749 g/mol. The Bertz CT molecular complexity index is 2420. The lowest BCUT2D eigenvalue weighted by molar-refractivity contribution is 0.744. The van der Waals surface area contributed by atoms with E-state index in [1.54, 1.807) is 0 Å². The van der Waals surface area contributed by atoms with E-state index in [9.17, 15) is 0 Å². The molecule has 0 nitrogen and oxygen atoms in total. The van der Waals surface area contributed by atoms with Gasteiger partial charge in [0.25, 0.3) is 0 Å². The van der Waals surface area contributed by atoms with Gasteiger partial charge in [-0.25, -0.2) is 0 Å². The summed E-state index contributed by atoms with van der Waals surface area (Å²) in [5.74, 6) is 0. The van der Waals surface area contributed by atoms with Crippen LogP contribution in [0.2, 0.25) is 0 Å². The zero-order chi connectivity index (χ0) is 35.2. The van der Waals surface area contributed by atoms with E-state index in [0.717, 1.165) is 0 Å². The van der Waals surface area contributed by atoms with Crippen LogP contribution < -0.4 is 0 Å². The Morgan fingerprint density at radius 1 is 0.264 bits per heavy atom. The third kappa shape index (κ3) is 5.59. The van der Waals surface area contributed by atoms with Crippen molar-refractivity contribution in [3.63, 3.8) is 0 Å². The van der Waals surface area contributed by atoms with Gasteiger partial charge in [0.1, 0.15) is 0 Å². The van der Waals surface area contributed by atoms with Crippen LogP contribution in [0.3, 0.4) is 0 Å². The van der Waals surface area contributed by atoms with Crippen LogP contribution >= 0.6 is 47.0 Å². The Balaban J connectivity index is 1.33. The van der Waals surface area contributed by atoms with Crippen molar-refractivity contribution in [1.82, 2.24) is 0 Å². The minimum Gasteiger partial charge on any atom is -0.0889 e. The maximum absolute atomic E-state index is 2.40. The van der Waals surface area contributed by atoms with Gasteiger partial charge < -0.3 is 0 Å². The second-order valence-corrected chi connectivity index (χ2v) is 17.5. The molecule has 4 heteroatoms.